The number of rotatable bonds is 7. The summed E-state index contributed by atoms with van der Waals surface area (Å²) in [6.07, 6.45) is 4.74. The van der Waals surface area contributed by atoms with E-state index in [1.807, 2.05) is 0 Å². The number of hydrogen-bond acceptors (Lipinski definition) is 2. The van der Waals surface area contributed by atoms with Crippen molar-refractivity contribution in [3.63, 3.8) is 0 Å². The van der Waals surface area contributed by atoms with Crippen LogP contribution in [0, 0.1) is 13.8 Å². The van der Waals surface area contributed by atoms with Crippen LogP contribution in [0.2, 0.25) is 0 Å². The number of aryl methyl sites for hydroxylation is 2. The van der Waals surface area contributed by atoms with Gasteiger partial charge in [-0.15, -0.1) is 0 Å². The highest BCUT2D eigenvalue weighted by molar-refractivity contribution is 5.29. The number of hydrogen-bond donors (Lipinski definition) is 1. The average Bonchev–Trinajstić information content (AvgIpc) is 3.17. The fourth-order valence-corrected chi connectivity index (χ4v) is 2.39. The van der Waals surface area contributed by atoms with Gasteiger partial charge in [0, 0.05) is 19.2 Å². The molecule has 100 valence electrons. The number of unbranched alkanes of at least 4 members (excludes halogenated alkanes) is 1. The van der Waals surface area contributed by atoms with Gasteiger partial charge in [0.15, 0.2) is 0 Å². The van der Waals surface area contributed by atoms with Crippen molar-refractivity contribution in [3.05, 3.63) is 34.9 Å². The molecule has 0 bridgehead atoms. The molecule has 1 saturated carbocycles. The Morgan fingerprint density at radius 3 is 2.56 bits per heavy atom. The second-order valence-electron chi connectivity index (χ2n) is 5.55. The lowest BCUT2D eigenvalue weighted by Crippen LogP contribution is -2.26. The molecule has 0 radical (unpaired) electrons. The molecule has 2 heteroatoms. The van der Waals surface area contributed by atoms with Gasteiger partial charge in [-0.05, 0) is 62.8 Å². The van der Waals surface area contributed by atoms with Crippen LogP contribution in [0.15, 0.2) is 18.2 Å². The van der Waals surface area contributed by atoms with E-state index in [0.29, 0.717) is 6.61 Å². The fraction of sp³-hybridized carbons (Fsp3) is 0.625. The normalized spacial score (nSPS) is 15.3. The third kappa shape index (κ3) is 3.82. The van der Waals surface area contributed by atoms with E-state index in [9.17, 15) is 0 Å². The van der Waals surface area contributed by atoms with Crippen molar-refractivity contribution < 1.29 is 5.11 Å². The van der Waals surface area contributed by atoms with Gasteiger partial charge in [-0.25, -0.2) is 0 Å². The third-order valence-corrected chi connectivity index (χ3v) is 3.87. The molecule has 0 aliphatic heterocycles. The Balaban J connectivity index is 1.92. The van der Waals surface area contributed by atoms with Crippen LogP contribution in [0.25, 0.3) is 0 Å². The van der Waals surface area contributed by atoms with Crippen LogP contribution in [0.5, 0.6) is 0 Å². The minimum atomic E-state index is 0.322. The van der Waals surface area contributed by atoms with Crippen LogP contribution in [0.1, 0.15) is 42.4 Å². The first-order chi connectivity index (χ1) is 8.70. The van der Waals surface area contributed by atoms with Crippen LogP contribution >= 0.6 is 0 Å². The van der Waals surface area contributed by atoms with E-state index >= 15 is 0 Å². The molecule has 2 nitrogen and oxygen atoms in total. The maximum Gasteiger partial charge on any atom is 0.0431 e. The van der Waals surface area contributed by atoms with E-state index in [1.165, 1.54) is 29.5 Å². The van der Waals surface area contributed by atoms with Gasteiger partial charge in [0.1, 0.15) is 0 Å². The summed E-state index contributed by atoms with van der Waals surface area (Å²) in [6.45, 7) is 6.86. The van der Waals surface area contributed by atoms with Gasteiger partial charge in [-0.3, -0.25) is 4.90 Å². The van der Waals surface area contributed by atoms with E-state index < -0.39 is 0 Å². The Hall–Kier alpha value is -0.860. The van der Waals surface area contributed by atoms with Crippen molar-refractivity contribution in [2.45, 2.75) is 52.1 Å². The highest BCUT2D eigenvalue weighted by Gasteiger charge is 2.28. The molecule has 2 rings (SSSR count). The van der Waals surface area contributed by atoms with E-state index in [4.69, 9.17) is 5.11 Å². The van der Waals surface area contributed by atoms with Gasteiger partial charge in [0.25, 0.3) is 0 Å². The summed E-state index contributed by atoms with van der Waals surface area (Å²) in [5.74, 6) is 0. The van der Waals surface area contributed by atoms with Gasteiger partial charge < -0.3 is 5.11 Å². The molecule has 0 unspecified atom stereocenters. The summed E-state index contributed by atoms with van der Waals surface area (Å²) in [4.78, 5) is 2.58. The number of nitrogens with zero attached hydrogens (tertiary/aromatic N) is 1. The van der Waals surface area contributed by atoms with Crippen LogP contribution in [0.3, 0.4) is 0 Å². The van der Waals surface area contributed by atoms with E-state index in [1.54, 1.807) is 0 Å². The summed E-state index contributed by atoms with van der Waals surface area (Å²) in [5, 5.41) is 8.87. The number of aliphatic hydroxyl groups is 1. The predicted octanol–water partition coefficient (Wildman–Crippen LogP) is 3.04. The molecule has 18 heavy (non-hydrogen) atoms. The molecule has 0 spiro atoms. The molecule has 0 saturated heterocycles. The molecule has 0 amide bonds. The summed E-state index contributed by atoms with van der Waals surface area (Å²) < 4.78 is 0. The molecular weight excluding hydrogens is 222 g/mol. The van der Waals surface area contributed by atoms with Gasteiger partial charge in [-0.1, -0.05) is 18.2 Å². The lowest BCUT2D eigenvalue weighted by atomic mass is 10.1. The Morgan fingerprint density at radius 1 is 1.17 bits per heavy atom. The average molecular weight is 247 g/mol. The second kappa shape index (κ2) is 6.35. The smallest absolute Gasteiger partial charge is 0.0431 e. The molecule has 1 aromatic carbocycles. The molecule has 1 aliphatic rings. The van der Waals surface area contributed by atoms with Crippen molar-refractivity contribution in [3.8, 4) is 0 Å². The number of aliphatic hydroxyl groups excluding tert-OH is 1. The van der Waals surface area contributed by atoms with Crippen molar-refractivity contribution in [2.75, 3.05) is 13.2 Å². The zero-order chi connectivity index (χ0) is 13.0. The van der Waals surface area contributed by atoms with Crippen molar-refractivity contribution in [2.24, 2.45) is 0 Å². The SMILES string of the molecule is Cc1ccc(CN(CCCCO)C2CC2)cc1C. The Labute approximate surface area is 111 Å². The maximum absolute atomic E-state index is 8.87. The molecule has 0 atom stereocenters. The van der Waals surface area contributed by atoms with Crippen LogP contribution in [-0.2, 0) is 6.54 Å². The van der Waals surface area contributed by atoms with Gasteiger partial charge in [0.2, 0.25) is 0 Å². The minimum absolute atomic E-state index is 0.322. The van der Waals surface area contributed by atoms with Gasteiger partial charge >= 0.3 is 0 Å². The van der Waals surface area contributed by atoms with E-state index in [-0.39, 0.29) is 0 Å². The van der Waals surface area contributed by atoms with Crippen LogP contribution in [0.4, 0.5) is 0 Å². The molecule has 0 aromatic heterocycles. The van der Waals surface area contributed by atoms with E-state index in [2.05, 4.69) is 36.9 Å². The van der Waals surface area contributed by atoms with Crippen molar-refractivity contribution in [1.29, 1.82) is 0 Å². The molecule has 0 heterocycles. The second-order valence-corrected chi connectivity index (χ2v) is 5.55. The van der Waals surface area contributed by atoms with Crippen molar-refractivity contribution >= 4 is 0 Å². The largest absolute Gasteiger partial charge is 0.396 e. The molecular formula is C16H25NO. The van der Waals surface area contributed by atoms with Crippen LogP contribution in [-0.4, -0.2) is 29.2 Å². The molecule has 1 aromatic rings. The van der Waals surface area contributed by atoms with E-state index in [0.717, 1.165) is 32.0 Å². The molecule has 1 aliphatic carbocycles. The lowest BCUT2D eigenvalue weighted by Gasteiger charge is -2.22. The fourth-order valence-electron chi connectivity index (χ4n) is 2.39. The first kappa shape index (κ1) is 13.6. The first-order valence-electron chi connectivity index (χ1n) is 7.11. The van der Waals surface area contributed by atoms with Crippen molar-refractivity contribution in [1.82, 2.24) is 4.90 Å². The maximum atomic E-state index is 8.87. The predicted molar refractivity (Wildman–Crippen MR) is 75.7 cm³/mol. The van der Waals surface area contributed by atoms with Gasteiger partial charge in [0.05, 0.1) is 0 Å². The lowest BCUT2D eigenvalue weighted by molar-refractivity contribution is 0.229. The number of benzene rings is 1. The summed E-state index contributed by atoms with van der Waals surface area (Å²) in [7, 11) is 0. The quantitative estimate of drug-likeness (QED) is 0.749. The Bertz CT molecular complexity index is 385. The summed E-state index contributed by atoms with van der Waals surface area (Å²) in [6, 6.07) is 7.59. The molecule has 1 fully saturated rings. The monoisotopic (exact) mass is 247 g/mol. The minimum Gasteiger partial charge on any atom is -0.396 e. The standard InChI is InChI=1S/C16H25NO/c1-13-5-6-15(11-14(13)2)12-17(16-7-8-16)9-3-4-10-18/h5-6,11,16,18H,3-4,7-10,12H2,1-2H3. The molecule has 1 N–H and O–H groups in total. The van der Waals surface area contributed by atoms with Crippen LogP contribution < -0.4 is 0 Å². The first-order valence-corrected chi connectivity index (χ1v) is 7.11. The highest BCUT2D eigenvalue weighted by Crippen LogP contribution is 2.28. The summed E-state index contributed by atoms with van der Waals surface area (Å²) >= 11 is 0. The zero-order valence-electron chi connectivity index (χ0n) is 11.7. The summed E-state index contributed by atoms with van der Waals surface area (Å²) in [5.41, 5.74) is 4.18. The Morgan fingerprint density at radius 2 is 1.94 bits per heavy atom. The van der Waals surface area contributed by atoms with Gasteiger partial charge in [-0.2, -0.15) is 0 Å². The zero-order valence-corrected chi connectivity index (χ0v) is 11.7. The Kier molecular flexibility index (Phi) is 4.79. The highest BCUT2D eigenvalue weighted by atomic mass is 16.2. The third-order valence-electron chi connectivity index (χ3n) is 3.87. The topological polar surface area (TPSA) is 23.5 Å².